The van der Waals surface area contributed by atoms with Gasteiger partial charge in [0, 0.05) is 13.5 Å². The lowest BCUT2D eigenvalue weighted by Crippen LogP contribution is -2.32. The van der Waals surface area contributed by atoms with Gasteiger partial charge >= 0.3 is 0 Å². The van der Waals surface area contributed by atoms with Gasteiger partial charge < -0.3 is 14.2 Å². The molecule has 90 valence electrons. The molecule has 2 heterocycles. The molecule has 3 aliphatic rings. The van der Waals surface area contributed by atoms with Crippen LogP contribution in [-0.4, -0.2) is 32.1 Å². The van der Waals surface area contributed by atoms with E-state index in [0.29, 0.717) is 42.6 Å². The number of allylic oxidation sites excluding steroid dienone is 2. The van der Waals surface area contributed by atoms with Crippen molar-refractivity contribution in [3.63, 3.8) is 0 Å². The summed E-state index contributed by atoms with van der Waals surface area (Å²) in [5.41, 5.74) is 1.27. The van der Waals surface area contributed by atoms with E-state index in [1.165, 1.54) is 0 Å². The highest BCUT2D eigenvalue weighted by Crippen LogP contribution is 2.32. The maximum Gasteiger partial charge on any atom is 0.191 e. The number of fused-ring (bicyclic) bond motifs is 2. The molecule has 1 atom stereocenters. The SMILES string of the molecule is COCC1COC2=CCC3=NON=NC3=C2O1. The molecule has 1 fully saturated rings. The van der Waals surface area contributed by atoms with Crippen molar-refractivity contribution in [3.8, 4) is 0 Å². The molecule has 0 aromatic rings. The minimum Gasteiger partial charge on any atom is -0.486 e. The van der Waals surface area contributed by atoms with Gasteiger partial charge in [-0.25, -0.2) is 4.94 Å². The highest BCUT2D eigenvalue weighted by Gasteiger charge is 2.32. The van der Waals surface area contributed by atoms with E-state index in [4.69, 9.17) is 14.2 Å². The quantitative estimate of drug-likeness (QED) is 0.725. The van der Waals surface area contributed by atoms with Crippen molar-refractivity contribution in [1.29, 1.82) is 0 Å². The molecule has 0 aromatic heterocycles. The van der Waals surface area contributed by atoms with E-state index in [2.05, 4.69) is 20.5 Å². The molecule has 0 aromatic carbocycles. The second-order valence-electron chi connectivity index (χ2n) is 3.76. The molecule has 17 heavy (non-hydrogen) atoms. The predicted octanol–water partition coefficient (Wildman–Crippen LogP) is 1.30. The van der Waals surface area contributed by atoms with Crippen molar-refractivity contribution in [1.82, 2.24) is 0 Å². The Kier molecular flexibility index (Phi) is 2.52. The first-order valence-corrected chi connectivity index (χ1v) is 5.26. The Morgan fingerprint density at radius 2 is 2.47 bits per heavy atom. The summed E-state index contributed by atoms with van der Waals surface area (Å²) in [5.74, 6) is 1.25. The maximum absolute atomic E-state index is 5.77. The van der Waals surface area contributed by atoms with Crippen molar-refractivity contribution in [3.05, 3.63) is 23.3 Å². The van der Waals surface area contributed by atoms with Gasteiger partial charge in [-0.2, -0.15) is 0 Å². The van der Waals surface area contributed by atoms with Crippen LogP contribution >= 0.6 is 0 Å². The molecule has 1 unspecified atom stereocenters. The summed E-state index contributed by atoms with van der Waals surface area (Å²) in [6.07, 6.45) is 2.35. The van der Waals surface area contributed by atoms with Crippen LogP contribution < -0.4 is 0 Å². The van der Waals surface area contributed by atoms with Gasteiger partial charge in [0.15, 0.2) is 23.3 Å². The summed E-state index contributed by atoms with van der Waals surface area (Å²) in [6.45, 7) is 0.931. The number of nitrogens with zero attached hydrogens (tertiary/aromatic N) is 3. The van der Waals surface area contributed by atoms with Gasteiger partial charge in [-0.15, -0.1) is 5.11 Å². The van der Waals surface area contributed by atoms with Crippen LogP contribution in [0.25, 0.3) is 0 Å². The third kappa shape index (κ3) is 1.78. The summed E-state index contributed by atoms with van der Waals surface area (Å²) in [7, 11) is 1.62. The molecular formula is C10H11N3O4. The first-order chi connectivity index (χ1) is 8.38. The monoisotopic (exact) mass is 237 g/mol. The lowest BCUT2D eigenvalue weighted by molar-refractivity contribution is -0.0452. The molecule has 7 heteroatoms. The first kappa shape index (κ1) is 10.3. The lowest BCUT2D eigenvalue weighted by atomic mass is 10.1. The number of rotatable bonds is 2. The van der Waals surface area contributed by atoms with E-state index >= 15 is 0 Å². The Balaban J connectivity index is 1.91. The highest BCUT2D eigenvalue weighted by molar-refractivity contribution is 6.02. The van der Waals surface area contributed by atoms with Crippen molar-refractivity contribution in [2.75, 3.05) is 20.3 Å². The molecule has 3 rings (SSSR count). The zero-order chi connectivity index (χ0) is 11.7. The standard InChI is InChI=1S/C10H11N3O4/c1-14-4-6-5-15-8-3-2-7-9(10(8)16-6)11-13-17-12-7/h3,6H,2,4-5H2,1H3. The van der Waals surface area contributed by atoms with E-state index in [1.54, 1.807) is 7.11 Å². The Hall–Kier alpha value is -1.89. The van der Waals surface area contributed by atoms with Crippen LogP contribution in [0.5, 0.6) is 0 Å². The Labute approximate surface area is 97.3 Å². The van der Waals surface area contributed by atoms with Crippen molar-refractivity contribution in [2.45, 2.75) is 12.5 Å². The fraction of sp³-hybridized carbons (Fsp3) is 0.500. The van der Waals surface area contributed by atoms with Gasteiger partial charge in [-0.05, 0) is 6.08 Å². The van der Waals surface area contributed by atoms with Crippen molar-refractivity contribution in [2.24, 2.45) is 15.5 Å². The van der Waals surface area contributed by atoms with Crippen LogP contribution in [0, 0.1) is 0 Å². The zero-order valence-electron chi connectivity index (χ0n) is 9.25. The average molecular weight is 237 g/mol. The maximum atomic E-state index is 5.77. The first-order valence-electron chi connectivity index (χ1n) is 5.26. The molecule has 0 radical (unpaired) electrons. The second-order valence-corrected chi connectivity index (χ2v) is 3.76. The smallest absolute Gasteiger partial charge is 0.191 e. The summed E-state index contributed by atoms with van der Waals surface area (Å²) >= 11 is 0. The minimum atomic E-state index is -0.142. The Morgan fingerprint density at radius 3 is 3.35 bits per heavy atom. The number of hydrogen-bond acceptors (Lipinski definition) is 7. The molecule has 1 aliphatic carbocycles. The molecule has 0 saturated carbocycles. The molecule has 1 saturated heterocycles. The summed E-state index contributed by atoms with van der Waals surface area (Å²) in [6, 6.07) is 0. The van der Waals surface area contributed by atoms with E-state index in [9.17, 15) is 0 Å². The van der Waals surface area contributed by atoms with Crippen LogP contribution in [0.2, 0.25) is 0 Å². The summed E-state index contributed by atoms with van der Waals surface area (Å²) in [5, 5.41) is 11.1. The van der Waals surface area contributed by atoms with E-state index in [-0.39, 0.29) is 6.10 Å². The van der Waals surface area contributed by atoms with Crippen LogP contribution in [0.4, 0.5) is 0 Å². The third-order valence-electron chi connectivity index (χ3n) is 2.58. The zero-order valence-corrected chi connectivity index (χ0v) is 9.25. The lowest BCUT2D eigenvalue weighted by Gasteiger charge is -2.30. The van der Waals surface area contributed by atoms with Gasteiger partial charge in [0.2, 0.25) is 0 Å². The van der Waals surface area contributed by atoms with Gasteiger partial charge in [0.25, 0.3) is 0 Å². The number of ether oxygens (including phenoxy) is 3. The molecule has 0 amide bonds. The van der Waals surface area contributed by atoms with E-state index in [0.717, 1.165) is 0 Å². The Morgan fingerprint density at radius 1 is 1.53 bits per heavy atom. The van der Waals surface area contributed by atoms with Crippen LogP contribution in [0.15, 0.2) is 38.8 Å². The molecule has 0 bridgehead atoms. The van der Waals surface area contributed by atoms with Crippen LogP contribution in [0.3, 0.4) is 0 Å². The highest BCUT2D eigenvalue weighted by atomic mass is 16.8. The second kappa shape index (κ2) is 4.17. The van der Waals surface area contributed by atoms with Crippen molar-refractivity contribution >= 4 is 5.71 Å². The number of oxime groups is 1. The molecule has 0 N–H and O–H groups in total. The van der Waals surface area contributed by atoms with E-state index in [1.807, 2.05) is 6.08 Å². The number of hydrogen-bond donors (Lipinski definition) is 0. The van der Waals surface area contributed by atoms with Gasteiger partial charge in [-0.3, -0.25) is 0 Å². The van der Waals surface area contributed by atoms with Gasteiger partial charge in [0.05, 0.1) is 11.9 Å². The predicted molar refractivity (Wildman–Crippen MR) is 55.8 cm³/mol. The fourth-order valence-electron chi connectivity index (χ4n) is 1.83. The van der Waals surface area contributed by atoms with Crippen LogP contribution in [0.1, 0.15) is 6.42 Å². The Bertz CT molecular complexity index is 452. The normalized spacial score (nSPS) is 25.8. The summed E-state index contributed by atoms with van der Waals surface area (Å²) < 4.78 is 16.4. The molecular weight excluding hydrogens is 226 g/mol. The average Bonchev–Trinajstić information content (AvgIpc) is 2.39. The van der Waals surface area contributed by atoms with Crippen molar-refractivity contribution < 1.29 is 19.1 Å². The van der Waals surface area contributed by atoms with Gasteiger partial charge in [0.1, 0.15) is 12.3 Å². The third-order valence-corrected chi connectivity index (χ3v) is 2.58. The minimum absolute atomic E-state index is 0.142. The molecule has 7 nitrogen and oxygen atoms in total. The van der Waals surface area contributed by atoms with Crippen LogP contribution in [-0.2, 0) is 19.1 Å². The van der Waals surface area contributed by atoms with E-state index < -0.39 is 0 Å². The fourth-order valence-corrected chi connectivity index (χ4v) is 1.83. The summed E-state index contributed by atoms with van der Waals surface area (Å²) in [4.78, 5) is 4.55. The molecule has 0 spiro atoms. The topological polar surface area (TPSA) is 74.0 Å². The van der Waals surface area contributed by atoms with Gasteiger partial charge in [-0.1, -0.05) is 5.16 Å². The largest absolute Gasteiger partial charge is 0.486 e. The molecule has 2 aliphatic heterocycles. The number of methoxy groups -OCH3 is 1.